The van der Waals surface area contributed by atoms with Crippen LogP contribution in [0.4, 0.5) is 0 Å². The molecule has 23 heavy (non-hydrogen) atoms. The molecule has 0 spiro atoms. The van der Waals surface area contributed by atoms with Crippen molar-refractivity contribution in [3.8, 4) is 5.69 Å². The van der Waals surface area contributed by atoms with Gasteiger partial charge in [0.15, 0.2) is 5.82 Å². The highest BCUT2D eigenvalue weighted by Gasteiger charge is 2.41. The summed E-state index contributed by atoms with van der Waals surface area (Å²) >= 11 is 0. The van der Waals surface area contributed by atoms with Gasteiger partial charge < -0.3 is 4.74 Å². The van der Waals surface area contributed by atoms with Gasteiger partial charge in [-0.25, -0.2) is 0 Å². The Morgan fingerprint density at radius 1 is 1.22 bits per heavy atom. The largest absolute Gasteiger partial charge is 0.374 e. The van der Waals surface area contributed by atoms with Crippen molar-refractivity contribution in [2.75, 3.05) is 33.3 Å². The van der Waals surface area contributed by atoms with Gasteiger partial charge in [0.2, 0.25) is 0 Å². The average molecular weight is 314 g/mol. The third-order valence-electron chi connectivity index (χ3n) is 5.02. The second kappa shape index (κ2) is 5.99. The van der Waals surface area contributed by atoms with Crippen LogP contribution in [0.1, 0.15) is 18.8 Å². The van der Waals surface area contributed by atoms with Crippen molar-refractivity contribution < 1.29 is 4.74 Å². The van der Waals surface area contributed by atoms with Crippen LogP contribution in [0.2, 0.25) is 0 Å². The fraction of sp³-hybridized carbons (Fsp3) is 0.562. The predicted octanol–water partition coefficient (Wildman–Crippen LogP) is 0.738. The maximum Gasteiger partial charge on any atom is 0.173 e. The van der Waals surface area contributed by atoms with E-state index in [9.17, 15) is 0 Å². The first-order valence-corrected chi connectivity index (χ1v) is 8.13. The molecule has 1 aromatic carbocycles. The molecule has 0 saturated carbocycles. The van der Waals surface area contributed by atoms with Gasteiger partial charge in [-0.1, -0.05) is 18.2 Å². The fourth-order valence-corrected chi connectivity index (χ4v) is 3.57. The number of tetrazole rings is 1. The molecule has 1 aromatic heterocycles. The molecule has 0 radical (unpaired) electrons. The monoisotopic (exact) mass is 314 g/mol. The van der Waals surface area contributed by atoms with Crippen LogP contribution >= 0.6 is 0 Å². The van der Waals surface area contributed by atoms with Crippen molar-refractivity contribution in [2.45, 2.75) is 25.1 Å². The molecule has 2 saturated heterocycles. The van der Waals surface area contributed by atoms with Crippen LogP contribution in [0.5, 0.6) is 0 Å². The van der Waals surface area contributed by atoms with E-state index in [1.165, 1.54) is 0 Å². The summed E-state index contributed by atoms with van der Waals surface area (Å²) in [4.78, 5) is 4.82. The molecule has 3 heterocycles. The number of morpholine rings is 1. The van der Waals surface area contributed by atoms with Crippen LogP contribution in [0.3, 0.4) is 0 Å². The lowest BCUT2D eigenvalue weighted by Gasteiger charge is -2.33. The predicted molar refractivity (Wildman–Crippen MR) is 85.3 cm³/mol. The maximum atomic E-state index is 5.94. The molecule has 0 bridgehead atoms. The van der Waals surface area contributed by atoms with Crippen LogP contribution in [-0.2, 0) is 4.74 Å². The summed E-state index contributed by atoms with van der Waals surface area (Å²) in [5, 5.41) is 12.3. The number of hydrogen-bond donors (Lipinski definition) is 0. The van der Waals surface area contributed by atoms with E-state index in [1.54, 1.807) is 0 Å². The van der Waals surface area contributed by atoms with E-state index in [4.69, 9.17) is 4.74 Å². The average Bonchev–Trinajstić information content (AvgIpc) is 3.23. The van der Waals surface area contributed by atoms with Crippen LogP contribution in [0.25, 0.3) is 5.69 Å². The number of para-hydroxylation sites is 1. The van der Waals surface area contributed by atoms with E-state index in [-0.39, 0.29) is 12.1 Å². The van der Waals surface area contributed by atoms with Crippen molar-refractivity contribution in [1.29, 1.82) is 0 Å². The van der Waals surface area contributed by atoms with Crippen molar-refractivity contribution in [1.82, 2.24) is 30.0 Å². The van der Waals surface area contributed by atoms with Gasteiger partial charge in [0.1, 0.15) is 0 Å². The van der Waals surface area contributed by atoms with Gasteiger partial charge in [0.05, 0.1) is 24.4 Å². The molecular weight excluding hydrogens is 292 g/mol. The molecule has 0 amide bonds. The summed E-state index contributed by atoms with van der Waals surface area (Å²) < 4.78 is 7.77. The summed E-state index contributed by atoms with van der Waals surface area (Å²) in [5.41, 5.74) is 0.990. The third kappa shape index (κ3) is 2.65. The van der Waals surface area contributed by atoms with Crippen molar-refractivity contribution in [3.05, 3.63) is 36.2 Å². The van der Waals surface area contributed by atoms with E-state index in [2.05, 4.69) is 39.3 Å². The van der Waals surface area contributed by atoms with E-state index >= 15 is 0 Å². The molecule has 7 nitrogen and oxygen atoms in total. The summed E-state index contributed by atoms with van der Waals surface area (Å²) in [7, 11) is 2.18. The molecule has 7 heteroatoms. The van der Waals surface area contributed by atoms with Gasteiger partial charge >= 0.3 is 0 Å². The number of benzene rings is 1. The molecule has 2 aliphatic heterocycles. The molecule has 122 valence electrons. The summed E-state index contributed by atoms with van der Waals surface area (Å²) in [6.45, 7) is 5.91. The zero-order valence-electron chi connectivity index (χ0n) is 13.5. The van der Waals surface area contributed by atoms with Crippen molar-refractivity contribution in [3.63, 3.8) is 0 Å². The quantitative estimate of drug-likeness (QED) is 0.833. The normalized spacial score (nSPS) is 27.0. The highest BCUT2D eigenvalue weighted by Crippen LogP contribution is 2.29. The van der Waals surface area contributed by atoms with E-state index in [0.717, 1.165) is 37.8 Å². The first-order valence-electron chi connectivity index (χ1n) is 8.13. The van der Waals surface area contributed by atoms with Crippen molar-refractivity contribution >= 4 is 0 Å². The Kier molecular flexibility index (Phi) is 3.84. The van der Waals surface area contributed by atoms with Crippen LogP contribution in [-0.4, -0.2) is 75.4 Å². The summed E-state index contributed by atoms with van der Waals surface area (Å²) in [6, 6.07) is 10.6. The van der Waals surface area contributed by atoms with Gasteiger partial charge in [-0.3, -0.25) is 9.80 Å². The van der Waals surface area contributed by atoms with Crippen LogP contribution in [0, 0.1) is 0 Å². The van der Waals surface area contributed by atoms with E-state index in [0.29, 0.717) is 6.04 Å². The topological polar surface area (TPSA) is 59.3 Å². The molecule has 2 fully saturated rings. The third-order valence-corrected chi connectivity index (χ3v) is 5.02. The molecule has 2 aliphatic rings. The number of likely N-dealkylation sites (N-methyl/N-ethyl adjacent to an activating group) is 1. The minimum Gasteiger partial charge on any atom is -0.374 e. The summed E-state index contributed by atoms with van der Waals surface area (Å²) in [5.74, 6) is 0.873. The Morgan fingerprint density at radius 3 is 2.83 bits per heavy atom. The lowest BCUT2D eigenvalue weighted by atomic mass is 10.1. The molecule has 0 N–H and O–H groups in total. The molecule has 0 unspecified atom stereocenters. The first-order chi connectivity index (χ1) is 11.2. The Bertz CT molecular complexity index is 660. The van der Waals surface area contributed by atoms with Gasteiger partial charge in [-0.2, -0.15) is 4.68 Å². The van der Waals surface area contributed by atoms with Crippen molar-refractivity contribution in [2.24, 2.45) is 0 Å². The number of aromatic nitrogens is 4. The SMILES string of the molecule is C[C@H](c1nnnn1-c1ccccc1)N1C[C@@H]2OCCN(C)[C@H]2C1. The second-order valence-corrected chi connectivity index (χ2v) is 6.37. The highest BCUT2D eigenvalue weighted by molar-refractivity contribution is 5.31. The second-order valence-electron chi connectivity index (χ2n) is 6.37. The zero-order chi connectivity index (χ0) is 15.8. The fourth-order valence-electron chi connectivity index (χ4n) is 3.57. The Balaban J connectivity index is 1.57. The maximum absolute atomic E-state index is 5.94. The molecule has 2 aromatic rings. The Labute approximate surface area is 135 Å². The molecule has 0 aliphatic carbocycles. The first kappa shape index (κ1) is 14.7. The number of ether oxygens (including phenoxy) is 1. The Morgan fingerprint density at radius 2 is 2.04 bits per heavy atom. The molecular formula is C16H22N6O. The van der Waals surface area contributed by atoms with Gasteiger partial charge in [-0.15, -0.1) is 5.10 Å². The lowest BCUT2D eigenvalue weighted by molar-refractivity contribution is -0.0372. The van der Waals surface area contributed by atoms with Gasteiger partial charge in [0.25, 0.3) is 0 Å². The summed E-state index contributed by atoms with van der Waals surface area (Å²) in [6.07, 6.45) is 0.289. The number of rotatable bonds is 3. The zero-order valence-corrected chi connectivity index (χ0v) is 13.5. The number of nitrogens with zero attached hydrogens (tertiary/aromatic N) is 6. The standard InChI is InChI=1S/C16H22N6O/c1-12(21-10-14-15(11-21)23-9-8-20(14)2)16-17-18-19-22(16)13-6-4-3-5-7-13/h3-7,12,14-15H,8-11H2,1-2H3/t12-,14+,15+/m1/s1. The number of likely N-dealkylation sites (tertiary alicyclic amines) is 1. The number of fused-ring (bicyclic) bond motifs is 1. The number of hydrogen-bond acceptors (Lipinski definition) is 6. The lowest BCUT2D eigenvalue weighted by Crippen LogP contribution is -2.48. The van der Waals surface area contributed by atoms with Gasteiger partial charge in [0, 0.05) is 25.7 Å². The highest BCUT2D eigenvalue weighted by atomic mass is 16.5. The van der Waals surface area contributed by atoms with Gasteiger partial charge in [-0.05, 0) is 36.5 Å². The molecule has 3 atom stereocenters. The molecule has 4 rings (SSSR count). The van der Waals surface area contributed by atoms with E-state index < -0.39 is 0 Å². The minimum absolute atomic E-state index is 0.146. The minimum atomic E-state index is 0.146. The van der Waals surface area contributed by atoms with Crippen LogP contribution < -0.4 is 0 Å². The van der Waals surface area contributed by atoms with Crippen LogP contribution in [0.15, 0.2) is 30.3 Å². The van der Waals surface area contributed by atoms with E-state index in [1.807, 2.05) is 35.0 Å². The smallest absolute Gasteiger partial charge is 0.173 e. The Hall–Kier alpha value is -1.83.